The van der Waals surface area contributed by atoms with E-state index < -0.39 is 6.04 Å². The number of hydrogen-bond acceptors (Lipinski definition) is 5. The van der Waals surface area contributed by atoms with Gasteiger partial charge in [0.05, 0.1) is 31.2 Å². The van der Waals surface area contributed by atoms with Gasteiger partial charge in [-0.3, -0.25) is 9.59 Å². The van der Waals surface area contributed by atoms with E-state index in [-0.39, 0.29) is 17.1 Å². The first-order valence-electron chi connectivity index (χ1n) is 11.6. The van der Waals surface area contributed by atoms with E-state index in [4.69, 9.17) is 13.9 Å². The second-order valence-corrected chi connectivity index (χ2v) is 8.88. The minimum Gasteiger partial charge on any atom is -0.493 e. The molecule has 6 nitrogen and oxygen atoms in total. The van der Waals surface area contributed by atoms with E-state index in [9.17, 15) is 9.59 Å². The highest BCUT2D eigenvalue weighted by Gasteiger charge is 2.42. The Morgan fingerprint density at radius 2 is 1.66 bits per heavy atom. The molecule has 0 aliphatic carbocycles. The molecule has 0 saturated carbocycles. The van der Waals surface area contributed by atoms with Crippen LogP contribution in [0, 0.1) is 13.8 Å². The Labute approximate surface area is 203 Å². The average molecular weight is 470 g/mol. The number of carbonyl (C=O) groups is 1. The molecular formula is C29H27NO5. The number of methoxy groups -OCH3 is 2. The summed E-state index contributed by atoms with van der Waals surface area (Å²) in [5, 5.41) is 0.511. The Bertz CT molecular complexity index is 1490. The molecule has 1 amide bonds. The molecule has 3 aromatic carbocycles. The van der Waals surface area contributed by atoms with Gasteiger partial charge in [-0.05, 0) is 60.7 Å². The predicted molar refractivity (Wildman–Crippen MR) is 135 cm³/mol. The van der Waals surface area contributed by atoms with Crippen LogP contribution in [-0.4, -0.2) is 31.6 Å². The fraction of sp³-hybridized carbons (Fsp3) is 0.241. The maximum absolute atomic E-state index is 13.8. The summed E-state index contributed by atoms with van der Waals surface area (Å²) in [6, 6.07) is 18.7. The van der Waals surface area contributed by atoms with Crippen molar-refractivity contribution in [2.45, 2.75) is 26.3 Å². The first-order chi connectivity index (χ1) is 16.9. The monoisotopic (exact) mass is 469 g/mol. The molecule has 5 rings (SSSR count). The van der Waals surface area contributed by atoms with Crippen molar-refractivity contribution in [2.75, 3.05) is 20.8 Å². The molecule has 1 aliphatic heterocycles. The van der Waals surface area contributed by atoms with Crippen molar-refractivity contribution in [1.82, 2.24) is 4.90 Å². The molecule has 1 atom stereocenters. The van der Waals surface area contributed by atoms with Gasteiger partial charge in [0, 0.05) is 6.54 Å². The van der Waals surface area contributed by atoms with Gasteiger partial charge in [0.2, 0.25) is 5.76 Å². The minimum atomic E-state index is -0.514. The van der Waals surface area contributed by atoms with Crippen LogP contribution >= 0.6 is 0 Å². The largest absolute Gasteiger partial charge is 0.493 e. The lowest BCUT2D eigenvalue weighted by Crippen LogP contribution is -2.31. The average Bonchev–Trinajstić information content (AvgIpc) is 3.15. The van der Waals surface area contributed by atoms with Crippen molar-refractivity contribution in [2.24, 2.45) is 0 Å². The number of benzene rings is 3. The molecule has 1 aromatic heterocycles. The third-order valence-electron chi connectivity index (χ3n) is 6.60. The highest BCUT2D eigenvalue weighted by atomic mass is 16.5. The van der Waals surface area contributed by atoms with Crippen LogP contribution in [-0.2, 0) is 6.42 Å². The number of nitrogens with zero attached hydrogens (tertiary/aromatic N) is 1. The Hall–Kier alpha value is -4.06. The van der Waals surface area contributed by atoms with Crippen molar-refractivity contribution in [1.29, 1.82) is 0 Å². The van der Waals surface area contributed by atoms with E-state index in [0.29, 0.717) is 41.0 Å². The van der Waals surface area contributed by atoms with Gasteiger partial charge in [0.25, 0.3) is 5.91 Å². The van der Waals surface area contributed by atoms with Crippen LogP contribution in [0.1, 0.15) is 44.4 Å². The summed E-state index contributed by atoms with van der Waals surface area (Å²) >= 11 is 0. The normalized spacial score (nSPS) is 14.9. The quantitative estimate of drug-likeness (QED) is 0.388. The Kier molecular flexibility index (Phi) is 5.81. The molecule has 0 N–H and O–H groups in total. The molecule has 178 valence electrons. The van der Waals surface area contributed by atoms with Crippen LogP contribution in [0.5, 0.6) is 11.5 Å². The first kappa shape index (κ1) is 22.7. The number of ether oxygens (including phenoxy) is 2. The topological polar surface area (TPSA) is 69.0 Å². The van der Waals surface area contributed by atoms with Crippen LogP contribution in [0.4, 0.5) is 0 Å². The summed E-state index contributed by atoms with van der Waals surface area (Å²) in [6.45, 7) is 4.26. The standard InChI is InChI=1S/C29H27NO5/c1-17-14-18(2)27-21(15-17)26(31)24-25(20-8-6-5-7-9-20)30(29(32)28(24)35-27)13-12-19-10-11-22(33-3)23(16-19)34-4/h5-11,14-16,25H,12-13H2,1-4H3/t25-/m0/s1. The molecule has 0 radical (unpaired) electrons. The van der Waals surface area contributed by atoms with E-state index in [0.717, 1.165) is 22.3 Å². The maximum atomic E-state index is 13.8. The second-order valence-electron chi connectivity index (χ2n) is 8.88. The molecule has 0 bridgehead atoms. The van der Waals surface area contributed by atoms with Crippen LogP contribution in [0.25, 0.3) is 11.0 Å². The number of carbonyl (C=O) groups excluding carboxylic acids is 1. The van der Waals surface area contributed by atoms with Gasteiger partial charge in [-0.25, -0.2) is 0 Å². The molecule has 2 heterocycles. The summed E-state index contributed by atoms with van der Waals surface area (Å²) in [5.41, 5.74) is 4.43. The summed E-state index contributed by atoms with van der Waals surface area (Å²) in [4.78, 5) is 29.1. The molecule has 0 saturated heterocycles. The zero-order valence-corrected chi connectivity index (χ0v) is 20.3. The lowest BCUT2D eigenvalue weighted by molar-refractivity contribution is 0.0730. The molecule has 1 aliphatic rings. The molecular weight excluding hydrogens is 442 g/mol. The maximum Gasteiger partial charge on any atom is 0.290 e. The van der Waals surface area contributed by atoms with Gasteiger partial charge in [0.15, 0.2) is 16.9 Å². The summed E-state index contributed by atoms with van der Waals surface area (Å²) in [7, 11) is 3.19. The van der Waals surface area contributed by atoms with Gasteiger partial charge >= 0.3 is 0 Å². The number of aryl methyl sites for hydroxylation is 2. The van der Waals surface area contributed by atoms with Crippen molar-refractivity contribution in [3.63, 3.8) is 0 Å². The van der Waals surface area contributed by atoms with Gasteiger partial charge in [0.1, 0.15) is 5.58 Å². The fourth-order valence-electron chi connectivity index (χ4n) is 4.97. The lowest BCUT2D eigenvalue weighted by atomic mass is 9.97. The molecule has 35 heavy (non-hydrogen) atoms. The van der Waals surface area contributed by atoms with Crippen LogP contribution in [0.15, 0.2) is 69.9 Å². The molecule has 0 fully saturated rings. The van der Waals surface area contributed by atoms with E-state index in [1.54, 1.807) is 19.1 Å². The van der Waals surface area contributed by atoms with Crippen molar-refractivity contribution >= 4 is 16.9 Å². The number of hydrogen-bond donors (Lipinski definition) is 0. The first-order valence-corrected chi connectivity index (χ1v) is 11.6. The van der Waals surface area contributed by atoms with Crippen LogP contribution in [0.3, 0.4) is 0 Å². The SMILES string of the molecule is COc1ccc(CCN2C(=O)c3oc4c(C)cc(C)cc4c(=O)c3[C@@H]2c2ccccc2)cc1OC. The Morgan fingerprint density at radius 3 is 2.37 bits per heavy atom. The summed E-state index contributed by atoms with van der Waals surface area (Å²) in [6.07, 6.45) is 0.579. The van der Waals surface area contributed by atoms with Gasteiger partial charge in [-0.15, -0.1) is 0 Å². The summed E-state index contributed by atoms with van der Waals surface area (Å²) in [5.74, 6) is 1.15. The molecule has 0 spiro atoms. The fourth-order valence-corrected chi connectivity index (χ4v) is 4.97. The van der Waals surface area contributed by atoms with Gasteiger partial charge < -0.3 is 18.8 Å². The Balaban J connectivity index is 1.60. The molecule has 0 unspecified atom stereocenters. The number of rotatable bonds is 6. The highest BCUT2D eigenvalue weighted by Crippen LogP contribution is 2.39. The second kappa shape index (κ2) is 8.95. The lowest BCUT2D eigenvalue weighted by Gasteiger charge is -2.25. The number of fused-ring (bicyclic) bond motifs is 2. The number of amides is 1. The zero-order chi connectivity index (χ0) is 24.7. The van der Waals surface area contributed by atoms with Crippen molar-refractivity contribution < 1.29 is 18.7 Å². The van der Waals surface area contributed by atoms with E-state index in [1.807, 2.05) is 74.5 Å². The van der Waals surface area contributed by atoms with Gasteiger partial charge in [-0.2, -0.15) is 0 Å². The van der Waals surface area contributed by atoms with E-state index in [1.165, 1.54) is 0 Å². The van der Waals surface area contributed by atoms with Crippen LogP contribution in [0.2, 0.25) is 0 Å². The third kappa shape index (κ3) is 3.85. The van der Waals surface area contributed by atoms with E-state index >= 15 is 0 Å². The summed E-state index contributed by atoms with van der Waals surface area (Å²) < 4.78 is 16.9. The zero-order valence-electron chi connectivity index (χ0n) is 20.3. The Morgan fingerprint density at radius 1 is 0.914 bits per heavy atom. The van der Waals surface area contributed by atoms with Crippen molar-refractivity contribution in [3.05, 3.63) is 104 Å². The molecule has 6 heteroatoms. The minimum absolute atomic E-state index is 0.135. The van der Waals surface area contributed by atoms with Crippen molar-refractivity contribution in [3.8, 4) is 11.5 Å². The third-order valence-corrected chi connectivity index (χ3v) is 6.60. The predicted octanol–water partition coefficient (Wildman–Crippen LogP) is 5.21. The van der Waals surface area contributed by atoms with E-state index in [2.05, 4.69) is 0 Å². The highest BCUT2D eigenvalue weighted by molar-refractivity contribution is 5.99. The molecule has 4 aromatic rings. The van der Waals surface area contributed by atoms with Crippen LogP contribution < -0.4 is 14.9 Å². The smallest absolute Gasteiger partial charge is 0.290 e. The van der Waals surface area contributed by atoms with Gasteiger partial charge in [-0.1, -0.05) is 42.5 Å².